The first-order chi connectivity index (χ1) is 15.3. The van der Waals surface area contributed by atoms with E-state index in [4.69, 9.17) is 16.3 Å². The maximum atomic E-state index is 14.2. The molecule has 3 atom stereocenters. The number of nitrogens with one attached hydrogen (secondary N) is 1. The summed E-state index contributed by atoms with van der Waals surface area (Å²) in [5.74, 6) is -2.75. The summed E-state index contributed by atoms with van der Waals surface area (Å²) in [7, 11) is 0. The third-order valence-corrected chi connectivity index (χ3v) is 6.59. The van der Waals surface area contributed by atoms with Gasteiger partial charge in [-0.15, -0.1) is 6.58 Å². The Morgan fingerprint density at radius 3 is 2.94 bits per heavy atom. The third-order valence-electron chi connectivity index (χ3n) is 6.30. The van der Waals surface area contributed by atoms with E-state index in [1.54, 1.807) is 16.7 Å². The van der Waals surface area contributed by atoms with Crippen molar-refractivity contribution in [3.63, 3.8) is 0 Å². The van der Waals surface area contributed by atoms with Crippen LogP contribution in [0.1, 0.15) is 44.6 Å². The molecule has 2 amide bonds. The highest BCUT2D eigenvalue weighted by Gasteiger charge is 2.51. The van der Waals surface area contributed by atoms with E-state index < -0.39 is 35.0 Å². The fourth-order valence-electron chi connectivity index (χ4n) is 4.82. The summed E-state index contributed by atoms with van der Waals surface area (Å²) in [5.41, 5.74) is -0.814. The van der Waals surface area contributed by atoms with Gasteiger partial charge in [-0.3, -0.25) is 14.4 Å². The molecule has 0 radical (unpaired) electrons. The van der Waals surface area contributed by atoms with Gasteiger partial charge in [-0.25, -0.2) is 4.39 Å². The Kier molecular flexibility index (Phi) is 4.83. The number of benzene rings is 1. The average Bonchev–Trinajstić information content (AvgIpc) is 3.39. The lowest BCUT2D eigenvalue weighted by Crippen LogP contribution is -2.51. The van der Waals surface area contributed by atoms with Crippen LogP contribution >= 0.6 is 11.6 Å². The van der Waals surface area contributed by atoms with Crippen LogP contribution in [0.2, 0.25) is 5.02 Å². The zero-order valence-corrected chi connectivity index (χ0v) is 17.6. The first-order valence-corrected chi connectivity index (χ1v) is 10.5. The molecule has 2 unspecified atom stereocenters. The van der Waals surface area contributed by atoms with Crippen LogP contribution in [0.4, 0.5) is 4.39 Å². The van der Waals surface area contributed by atoms with E-state index in [-0.39, 0.29) is 47.1 Å². The van der Waals surface area contributed by atoms with Crippen molar-refractivity contribution >= 4 is 23.4 Å². The van der Waals surface area contributed by atoms with Crippen LogP contribution in [0.15, 0.2) is 35.6 Å². The van der Waals surface area contributed by atoms with Crippen molar-refractivity contribution < 1.29 is 23.8 Å². The Bertz CT molecular complexity index is 1240. The Morgan fingerprint density at radius 1 is 1.41 bits per heavy atom. The highest BCUT2D eigenvalue weighted by atomic mass is 35.5. The Balaban J connectivity index is 1.55. The topological polar surface area (TPSA) is 101 Å². The van der Waals surface area contributed by atoms with Gasteiger partial charge < -0.3 is 24.6 Å². The molecule has 166 valence electrons. The number of aromatic hydroxyl groups is 1. The van der Waals surface area contributed by atoms with Crippen molar-refractivity contribution in [3.8, 4) is 5.75 Å². The van der Waals surface area contributed by atoms with Gasteiger partial charge in [-0.2, -0.15) is 0 Å². The summed E-state index contributed by atoms with van der Waals surface area (Å²) >= 11 is 5.78. The van der Waals surface area contributed by atoms with Gasteiger partial charge in [0.2, 0.25) is 5.43 Å². The molecule has 1 aromatic carbocycles. The number of nitrogens with zero attached hydrogens (tertiary/aromatic N) is 2. The molecule has 2 N–H and O–H groups in total. The van der Waals surface area contributed by atoms with Crippen LogP contribution in [-0.4, -0.2) is 45.3 Å². The number of carbonyl (C=O) groups excluding carboxylic acids is 2. The lowest BCUT2D eigenvalue weighted by molar-refractivity contribution is -0.0138. The van der Waals surface area contributed by atoms with Gasteiger partial charge >= 0.3 is 0 Å². The fourth-order valence-corrected chi connectivity index (χ4v) is 5.02. The van der Waals surface area contributed by atoms with Crippen molar-refractivity contribution in [3.05, 3.63) is 74.4 Å². The molecule has 2 aromatic rings. The van der Waals surface area contributed by atoms with E-state index in [0.29, 0.717) is 18.5 Å². The van der Waals surface area contributed by atoms with Crippen LogP contribution in [0.5, 0.6) is 5.75 Å². The largest absolute Gasteiger partial charge is 0.503 e. The monoisotopic (exact) mass is 459 g/mol. The van der Waals surface area contributed by atoms with Gasteiger partial charge in [0.05, 0.1) is 23.7 Å². The highest BCUT2D eigenvalue weighted by Crippen LogP contribution is 2.43. The van der Waals surface area contributed by atoms with Gasteiger partial charge in [-0.1, -0.05) is 29.8 Å². The van der Waals surface area contributed by atoms with E-state index in [2.05, 4.69) is 11.9 Å². The number of amides is 2. The molecule has 5 rings (SSSR count). The molecule has 32 heavy (non-hydrogen) atoms. The van der Waals surface area contributed by atoms with Crippen LogP contribution in [0.25, 0.3) is 0 Å². The summed E-state index contributed by atoms with van der Waals surface area (Å²) in [4.78, 5) is 40.5. The normalized spacial score (nSPS) is 23.1. The average molecular weight is 460 g/mol. The standard InChI is InChI=1S/C22H19ClFN3O5/c1-2-11-9-32-22-14-7-6-13-15(18(28)19(29)17(27(13)14)21(31)26(11)22)20(30)25-8-10-4-3-5-12(23)16(10)24/h2-5,11,14,22,29H,1,6-9H2,(H,25,30)/t11-,14?,22?/m0/s1. The molecule has 0 saturated carbocycles. The smallest absolute Gasteiger partial charge is 0.277 e. The Morgan fingerprint density at radius 2 is 2.19 bits per heavy atom. The van der Waals surface area contributed by atoms with Crippen molar-refractivity contribution in [1.82, 2.24) is 14.8 Å². The molecule has 8 nitrogen and oxygen atoms in total. The molecule has 0 aliphatic carbocycles. The second-order valence-corrected chi connectivity index (χ2v) is 8.37. The van der Waals surface area contributed by atoms with Crippen LogP contribution in [-0.2, 0) is 17.7 Å². The summed E-state index contributed by atoms with van der Waals surface area (Å²) in [6.07, 6.45) is 1.89. The Hall–Kier alpha value is -3.17. The van der Waals surface area contributed by atoms with Crippen LogP contribution in [0, 0.1) is 5.82 Å². The molecule has 0 bridgehead atoms. The molecule has 1 saturated heterocycles. The molecule has 1 aromatic heterocycles. The minimum atomic E-state index is -0.932. The van der Waals surface area contributed by atoms with Crippen molar-refractivity contribution in [2.75, 3.05) is 6.61 Å². The predicted octanol–water partition coefficient (Wildman–Crippen LogP) is 2.13. The van der Waals surface area contributed by atoms with Crippen molar-refractivity contribution in [2.45, 2.75) is 37.7 Å². The van der Waals surface area contributed by atoms with E-state index in [1.165, 1.54) is 17.0 Å². The summed E-state index contributed by atoms with van der Waals surface area (Å²) < 4.78 is 21.5. The van der Waals surface area contributed by atoms with Gasteiger partial charge in [0.15, 0.2) is 17.7 Å². The van der Waals surface area contributed by atoms with Crippen LogP contribution < -0.4 is 10.7 Å². The number of hydrogen-bond acceptors (Lipinski definition) is 5. The number of halogens is 2. The number of fused-ring (bicyclic) bond motifs is 2. The molecular formula is C22H19ClFN3O5. The molecule has 10 heteroatoms. The minimum absolute atomic E-state index is 0.0813. The van der Waals surface area contributed by atoms with Gasteiger partial charge in [0.1, 0.15) is 11.4 Å². The molecule has 3 aliphatic heterocycles. The molecule has 3 aliphatic rings. The maximum absolute atomic E-state index is 14.2. The number of rotatable bonds is 4. The lowest BCUT2D eigenvalue weighted by atomic mass is 10.1. The maximum Gasteiger partial charge on any atom is 0.277 e. The molecule has 0 spiro atoms. The number of carbonyl (C=O) groups is 2. The zero-order chi connectivity index (χ0) is 22.7. The number of aromatic nitrogens is 1. The summed E-state index contributed by atoms with van der Waals surface area (Å²) in [6.45, 7) is 3.80. The van der Waals surface area contributed by atoms with E-state index in [0.717, 1.165) is 0 Å². The lowest BCUT2D eigenvalue weighted by Gasteiger charge is -2.38. The van der Waals surface area contributed by atoms with Gasteiger partial charge in [0.25, 0.3) is 11.8 Å². The number of pyridine rings is 1. The summed E-state index contributed by atoms with van der Waals surface area (Å²) in [5, 5.41) is 13.1. The molecule has 4 heterocycles. The predicted molar refractivity (Wildman–Crippen MR) is 112 cm³/mol. The van der Waals surface area contributed by atoms with Gasteiger partial charge in [-0.05, 0) is 18.9 Å². The fraction of sp³-hybridized carbons (Fsp3) is 0.318. The van der Waals surface area contributed by atoms with E-state index >= 15 is 0 Å². The van der Waals surface area contributed by atoms with Crippen molar-refractivity contribution in [2.24, 2.45) is 0 Å². The first-order valence-electron chi connectivity index (χ1n) is 10.1. The van der Waals surface area contributed by atoms with E-state index in [1.807, 2.05) is 0 Å². The van der Waals surface area contributed by atoms with E-state index in [9.17, 15) is 23.9 Å². The third kappa shape index (κ3) is 2.81. The Labute approximate surface area is 186 Å². The zero-order valence-electron chi connectivity index (χ0n) is 16.8. The SMILES string of the molecule is C=C[C@H]1COC2C3CCc4c(C(=O)NCc5cccc(Cl)c5F)c(=O)c(O)c(n43)C(=O)N21. The summed E-state index contributed by atoms with van der Waals surface area (Å²) in [6, 6.07) is 3.70. The second-order valence-electron chi connectivity index (χ2n) is 7.96. The second kappa shape index (κ2) is 7.46. The minimum Gasteiger partial charge on any atom is -0.503 e. The molecular weight excluding hydrogens is 441 g/mol. The van der Waals surface area contributed by atoms with Gasteiger partial charge in [0, 0.05) is 17.8 Å². The number of hydrogen-bond donors (Lipinski definition) is 2. The quantitative estimate of drug-likeness (QED) is 0.682. The highest BCUT2D eigenvalue weighted by molar-refractivity contribution is 6.30. The molecule has 1 fully saturated rings. The first kappa shape index (κ1) is 20.7. The number of ether oxygens (including phenoxy) is 1. The van der Waals surface area contributed by atoms with Crippen molar-refractivity contribution in [1.29, 1.82) is 0 Å². The van der Waals surface area contributed by atoms with Crippen LogP contribution in [0.3, 0.4) is 0 Å².